The molecule has 3 aliphatic heterocycles. The van der Waals surface area contributed by atoms with Crippen LogP contribution in [0.3, 0.4) is 0 Å². The second-order valence-corrected chi connectivity index (χ2v) is 10.9. The largest absolute Gasteiger partial charge is 0.507 e. The summed E-state index contributed by atoms with van der Waals surface area (Å²) in [5, 5.41) is 18.7. The molecule has 0 amide bonds. The van der Waals surface area contributed by atoms with Gasteiger partial charge in [-0.2, -0.15) is 0 Å². The molecule has 2 unspecified atom stereocenters. The number of aromatic nitrogens is 3. The van der Waals surface area contributed by atoms with Gasteiger partial charge in [-0.1, -0.05) is 18.1 Å². The Morgan fingerprint density at radius 1 is 1.02 bits per heavy atom. The minimum Gasteiger partial charge on any atom is -0.507 e. The number of phenolic OH excluding ortho intramolecular Hbond substituents is 1. The Hall–Kier alpha value is -3.97. The highest BCUT2D eigenvalue weighted by atomic mass is 19.3. The molecule has 2 atom stereocenters. The van der Waals surface area contributed by atoms with Gasteiger partial charge < -0.3 is 20.6 Å². The fraction of sp³-hybridized carbons (Fsp3) is 0.433. The van der Waals surface area contributed by atoms with E-state index in [1.54, 1.807) is 18.3 Å². The highest BCUT2D eigenvalue weighted by Crippen LogP contribution is 2.39. The number of likely N-dealkylation sites (tertiary alicyclic amines) is 1. The Bertz CT molecular complexity index is 1420. The fourth-order valence-electron chi connectivity index (χ4n) is 6.16. The van der Waals surface area contributed by atoms with Crippen molar-refractivity contribution in [2.45, 2.75) is 50.1 Å². The lowest BCUT2D eigenvalue weighted by molar-refractivity contribution is -0.0128. The number of para-hydroxylation sites is 1. The maximum absolute atomic E-state index is 13.7. The summed E-state index contributed by atoms with van der Waals surface area (Å²) in [6, 6.07) is 13.6. The number of nitrogens with two attached hydrogens (primary N) is 1. The van der Waals surface area contributed by atoms with Gasteiger partial charge in [0.1, 0.15) is 11.4 Å². The fourth-order valence-corrected chi connectivity index (χ4v) is 6.16. The van der Waals surface area contributed by atoms with Gasteiger partial charge in [0.25, 0.3) is 0 Å². The van der Waals surface area contributed by atoms with Gasteiger partial charge in [0, 0.05) is 62.0 Å². The molecule has 2 aromatic heterocycles. The molecule has 0 aliphatic carbocycles. The second-order valence-electron chi connectivity index (χ2n) is 10.9. The van der Waals surface area contributed by atoms with Crippen LogP contribution in [-0.4, -0.2) is 75.9 Å². The molecule has 3 fully saturated rings. The number of piperazine rings is 1. The van der Waals surface area contributed by atoms with E-state index in [0.29, 0.717) is 60.9 Å². The molecule has 2 bridgehead atoms. The predicted molar refractivity (Wildman–Crippen MR) is 151 cm³/mol. The standard InChI is InChI=1S/C30H33F2N7O/c31-30(32)11-4-15-37(16-12-30)14-3-5-21-17-22(10-13-34-21)39-23-8-9-24(39)20-38(19-23)27-18-26(35-36-29(27)33)25-6-1-2-7-28(25)40/h1-2,6-7,10,13,17-18,23-24,40H,4,8-9,11-12,14-16,19-20H2,(H2,33,36). The molecule has 3 aliphatic rings. The highest BCUT2D eigenvalue weighted by molar-refractivity contribution is 5.74. The molecule has 0 radical (unpaired) electrons. The quantitative estimate of drug-likeness (QED) is 0.472. The van der Waals surface area contributed by atoms with E-state index in [1.807, 2.05) is 35.2 Å². The molecule has 6 rings (SSSR count). The Kier molecular flexibility index (Phi) is 7.15. The van der Waals surface area contributed by atoms with Crippen LogP contribution in [0.2, 0.25) is 0 Å². The Morgan fingerprint density at radius 3 is 2.62 bits per heavy atom. The van der Waals surface area contributed by atoms with Crippen LogP contribution in [0.4, 0.5) is 26.0 Å². The van der Waals surface area contributed by atoms with Gasteiger partial charge in [0.2, 0.25) is 5.92 Å². The number of benzene rings is 1. The summed E-state index contributed by atoms with van der Waals surface area (Å²) in [7, 11) is 0. The summed E-state index contributed by atoms with van der Waals surface area (Å²) < 4.78 is 27.3. The van der Waals surface area contributed by atoms with Gasteiger partial charge in [-0.05, 0) is 62.1 Å². The number of fused-ring (bicyclic) bond motifs is 2. The third kappa shape index (κ3) is 5.52. The van der Waals surface area contributed by atoms with E-state index >= 15 is 0 Å². The van der Waals surface area contributed by atoms with Gasteiger partial charge in [-0.15, -0.1) is 10.2 Å². The van der Waals surface area contributed by atoms with Gasteiger partial charge in [0.05, 0.1) is 17.9 Å². The van der Waals surface area contributed by atoms with Crippen molar-refractivity contribution >= 4 is 17.2 Å². The zero-order valence-electron chi connectivity index (χ0n) is 22.3. The van der Waals surface area contributed by atoms with Crippen molar-refractivity contribution in [3.8, 4) is 28.8 Å². The van der Waals surface area contributed by atoms with Crippen LogP contribution in [-0.2, 0) is 0 Å². The van der Waals surface area contributed by atoms with E-state index in [2.05, 4.69) is 36.8 Å². The number of anilines is 3. The van der Waals surface area contributed by atoms with E-state index in [4.69, 9.17) is 5.73 Å². The number of nitrogen functional groups attached to an aromatic ring is 1. The van der Waals surface area contributed by atoms with Gasteiger partial charge >= 0.3 is 0 Å². The van der Waals surface area contributed by atoms with E-state index in [1.165, 1.54) is 0 Å². The van der Waals surface area contributed by atoms with Crippen LogP contribution in [0.5, 0.6) is 5.75 Å². The smallest absolute Gasteiger partial charge is 0.249 e. The molecule has 40 heavy (non-hydrogen) atoms. The number of alkyl halides is 2. The Morgan fingerprint density at radius 2 is 1.82 bits per heavy atom. The second kappa shape index (κ2) is 10.9. The summed E-state index contributed by atoms with van der Waals surface area (Å²) in [6.07, 6.45) is 4.27. The molecule has 5 heterocycles. The van der Waals surface area contributed by atoms with Crippen LogP contribution in [0, 0.1) is 11.8 Å². The maximum Gasteiger partial charge on any atom is 0.249 e. The summed E-state index contributed by atoms with van der Waals surface area (Å²) >= 11 is 0. The first-order chi connectivity index (χ1) is 19.4. The number of phenols is 1. The van der Waals surface area contributed by atoms with Crippen molar-refractivity contribution in [1.29, 1.82) is 0 Å². The number of rotatable bonds is 4. The predicted octanol–water partition coefficient (Wildman–Crippen LogP) is 4.16. The van der Waals surface area contributed by atoms with Crippen molar-refractivity contribution in [1.82, 2.24) is 20.1 Å². The van der Waals surface area contributed by atoms with Crippen molar-refractivity contribution in [3.05, 3.63) is 54.4 Å². The molecule has 0 spiro atoms. The number of pyridine rings is 1. The summed E-state index contributed by atoms with van der Waals surface area (Å²) in [4.78, 5) is 11.2. The lowest BCUT2D eigenvalue weighted by Crippen LogP contribution is -2.54. The lowest BCUT2D eigenvalue weighted by atomic mass is 10.1. The molecule has 1 aromatic carbocycles. The van der Waals surface area contributed by atoms with Gasteiger partial charge in [0.15, 0.2) is 5.82 Å². The summed E-state index contributed by atoms with van der Waals surface area (Å²) in [6.45, 7) is 3.06. The third-order valence-electron chi connectivity index (χ3n) is 8.18. The Labute approximate surface area is 232 Å². The Balaban J connectivity index is 1.15. The first kappa shape index (κ1) is 26.3. The number of nitrogens with zero attached hydrogens (tertiary/aromatic N) is 6. The van der Waals surface area contributed by atoms with E-state index in [-0.39, 0.29) is 18.6 Å². The number of halogens is 2. The first-order valence-corrected chi connectivity index (χ1v) is 13.9. The number of hydrogen-bond donors (Lipinski definition) is 2. The van der Waals surface area contributed by atoms with Crippen LogP contribution in [0.15, 0.2) is 48.7 Å². The lowest BCUT2D eigenvalue weighted by Gasteiger charge is -2.43. The molecule has 3 aromatic rings. The normalized spacial score (nSPS) is 22.4. The zero-order chi connectivity index (χ0) is 27.7. The molecule has 0 saturated carbocycles. The minimum atomic E-state index is -2.56. The van der Waals surface area contributed by atoms with Crippen molar-refractivity contribution in [2.24, 2.45) is 0 Å². The molecule has 8 nitrogen and oxygen atoms in total. The maximum atomic E-state index is 13.7. The number of aromatic hydroxyl groups is 1. The van der Waals surface area contributed by atoms with Crippen LogP contribution < -0.4 is 15.5 Å². The van der Waals surface area contributed by atoms with E-state index in [9.17, 15) is 13.9 Å². The van der Waals surface area contributed by atoms with Crippen molar-refractivity contribution in [3.63, 3.8) is 0 Å². The van der Waals surface area contributed by atoms with Gasteiger partial charge in [-0.3, -0.25) is 4.90 Å². The average Bonchev–Trinajstić information content (AvgIpc) is 3.09. The van der Waals surface area contributed by atoms with Crippen molar-refractivity contribution < 1.29 is 13.9 Å². The number of hydrogen-bond acceptors (Lipinski definition) is 8. The minimum absolute atomic E-state index is 0.0435. The summed E-state index contributed by atoms with van der Waals surface area (Å²) in [5.41, 5.74) is 10.1. The van der Waals surface area contributed by atoms with Crippen molar-refractivity contribution in [2.75, 3.05) is 48.3 Å². The topological polar surface area (TPSA) is 94.6 Å². The van der Waals surface area contributed by atoms with Gasteiger partial charge in [-0.25, -0.2) is 13.8 Å². The SMILES string of the molecule is Nc1nnc(-c2ccccc2O)cc1N1CC2CCC(C1)N2c1ccnc(C#CCN2CCCC(F)(F)CC2)c1. The molecular weight excluding hydrogens is 512 g/mol. The molecule has 3 saturated heterocycles. The summed E-state index contributed by atoms with van der Waals surface area (Å²) in [5.74, 6) is 4.27. The highest BCUT2D eigenvalue weighted by Gasteiger charge is 2.41. The zero-order valence-corrected chi connectivity index (χ0v) is 22.3. The molecule has 10 heteroatoms. The van der Waals surface area contributed by atoms with E-state index < -0.39 is 5.92 Å². The van der Waals surface area contributed by atoms with Crippen LogP contribution in [0.25, 0.3) is 11.3 Å². The molecule has 208 valence electrons. The van der Waals surface area contributed by atoms with E-state index in [0.717, 1.165) is 37.3 Å². The van der Waals surface area contributed by atoms with Crippen LogP contribution >= 0.6 is 0 Å². The third-order valence-corrected chi connectivity index (χ3v) is 8.18. The van der Waals surface area contributed by atoms with Crippen LogP contribution in [0.1, 0.15) is 37.8 Å². The molecule has 3 N–H and O–H groups in total. The monoisotopic (exact) mass is 545 g/mol. The molecular formula is C30H33F2N7O. The first-order valence-electron chi connectivity index (χ1n) is 13.9. The average molecular weight is 546 g/mol.